The Labute approximate surface area is 168 Å². The topological polar surface area (TPSA) is 84.2 Å². The average Bonchev–Trinajstić information content (AvgIpc) is 3.09. The van der Waals surface area contributed by atoms with Crippen molar-refractivity contribution in [2.24, 2.45) is 0 Å². The molecule has 8 heteroatoms. The van der Waals surface area contributed by atoms with Crippen LogP contribution in [-0.4, -0.2) is 38.8 Å². The molecule has 0 unspecified atom stereocenters. The molecule has 0 atom stereocenters. The maximum absolute atomic E-state index is 12.0. The molecule has 146 valence electrons. The molecule has 0 aliphatic carbocycles. The van der Waals surface area contributed by atoms with Crippen LogP contribution in [0.3, 0.4) is 0 Å². The minimum atomic E-state index is -0.758. The molecule has 6 nitrogen and oxygen atoms in total. The zero-order valence-electron chi connectivity index (χ0n) is 15.3. The van der Waals surface area contributed by atoms with Crippen LogP contribution in [0.4, 0.5) is 0 Å². The van der Waals surface area contributed by atoms with Crippen molar-refractivity contribution in [1.82, 2.24) is 14.9 Å². The molecule has 27 heavy (non-hydrogen) atoms. The first-order chi connectivity index (χ1) is 13.0. The minimum absolute atomic E-state index is 0.0390. The summed E-state index contributed by atoms with van der Waals surface area (Å²) in [6.07, 6.45) is 7.10. The van der Waals surface area contributed by atoms with E-state index in [9.17, 15) is 9.59 Å². The molecule has 0 radical (unpaired) electrons. The van der Waals surface area contributed by atoms with E-state index in [0.717, 1.165) is 35.7 Å². The highest BCUT2D eigenvalue weighted by atomic mass is 35.5. The summed E-state index contributed by atoms with van der Waals surface area (Å²) in [5.74, 6) is -0.509. The highest BCUT2D eigenvalue weighted by Gasteiger charge is 2.11. The molecule has 0 aliphatic rings. The van der Waals surface area contributed by atoms with E-state index in [1.165, 1.54) is 11.8 Å². The molecule has 2 N–H and O–H groups in total. The molecular weight excluding hydrogens is 386 g/mol. The Balaban J connectivity index is 1.74. The number of nitrogens with one attached hydrogen (secondary N) is 1. The minimum Gasteiger partial charge on any atom is -0.481 e. The number of amides is 1. The van der Waals surface area contributed by atoms with Crippen molar-refractivity contribution in [3.05, 3.63) is 41.2 Å². The van der Waals surface area contributed by atoms with Gasteiger partial charge in [-0.25, -0.2) is 4.98 Å². The number of hydrogen-bond acceptors (Lipinski definition) is 4. The third-order valence-corrected chi connectivity index (χ3v) is 5.45. The Hall–Kier alpha value is -1.99. The van der Waals surface area contributed by atoms with E-state index in [-0.39, 0.29) is 18.1 Å². The summed E-state index contributed by atoms with van der Waals surface area (Å²) in [4.78, 5) is 26.8. The number of benzene rings is 1. The first kappa shape index (κ1) is 21.3. The number of carbonyl (C=O) groups excluding carboxylic acids is 1. The van der Waals surface area contributed by atoms with Gasteiger partial charge in [-0.2, -0.15) is 0 Å². The van der Waals surface area contributed by atoms with Crippen LogP contribution in [-0.2, 0) is 9.59 Å². The molecule has 0 spiro atoms. The Morgan fingerprint density at radius 2 is 2.04 bits per heavy atom. The van der Waals surface area contributed by atoms with Crippen molar-refractivity contribution in [2.45, 2.75) is 44.2 Å². The van der Waals surface area contributed by atoms with Gasteiger partial charge in [-0.1, -0.05) is 42.3 Å². The van der Waals surface area contributed by atoms with Gasteiger partial charge in [0.1, 0.15) is 0 Å². The fourth-order valence-corrected chi connectivity index (χ4v) is 3.57. The number of carbonyl (C=O) groups is 2. The normalized spacial score (nSPS) is 10.7. The number of halogens is 1. The van der Waals surface area contributed by atoms with Gasteiger partial charge in [-0.15, -0.1) is 0 Å². The van der Waals surface area contributed by atoms with Crippen LogP contribution >= 0.6 is 23.4 Å². The Morgan fingerprint density at radius 3 is 2.81 bits per heavy atom. The fraction of sp³-hybridized carbons (Fsp3) is 0.421. The molecule has 1 aromatic carbocycles. The van der Waals surface area contributed by atoms with Crippen molar-refractivity contribution in [3.63, 3.8) is 0 Å². The summed E-state index contributed by atoms with van der Waals surface area (Å²) in [7, 11) is 0. The summed E-state index contributed by atoms with van der Waals surface area (Å²) in [5.41, 5.74) is 1.91. The SMILES string of the molecule is Cc1c(Cl)cccc1-n1ccnc1SCC(=O)NCCCCCCC(=O)O. The Kier molecular flexibility index (Phi) is 8.67. The number of nitrogens with zero attached hydrogens (tertiary/aromatic N) is 2. The summed E-state index contributed by atoms with van der Waals surface area (Å²) in [6.45, 7) is 2.56. The van der Waals surface area contributed by atoms with E-state index in [0.29, 0.717) is 18.0 Å². The summed E-state index contributed by atoms with van der Waals surface area (Å²) in [5, 5.41) is 12.9. The van der Waals surface area contributed by atoms with Crippen LogP contribution < -0.4 is 5.32 Å². The lowest BCUT2D eigenvalue weighted by Gasteiger charge is -2.11. The third-order valence-electron chi connectivity index (χ3n) is 4.08. The van der Waals surface area contributed by atoms with Gasteiger partial charge >= 0.3 is 5.97 Å². The van der Waals surface area contributed by atoms with Crippen LogP contribution in [0.1, 0.15) is 37.7 Å². The van der Waals surface area contributed by atoms with Gasteiger partial charge in [-0.05, 0) is 37.5 Å². The van der Waals surface area contributed by atoms with Gasteiger partial charge in [0.15, 0.2) is 5.16 Å². The van der Waals surface area contributed by atoms with Gasteiger partial charge in [0.05, 0.1) is 11.4 Å². The average molecular weight is 410 g/mol. The number of imidazole rings is 1. The zero-order valence-corrected chi connectivity index (χ0v) is 16.9. The number of aliphatic carboxylic acids is 1. The van der Waals surface area contributed by atoms with Crippen molar-refractivity contribution >= 4 is 35.2 Å². The Morgan fingerprint density at radius 1 is 1.26 bits per heavy atom. The number of carboxylic acids is 1. The van der Waals surface area contributed by atoms with Crippen LogP contribution in [0.2, 0.25) is 5.02 Å². The maximum atomic E-state index is 12.0. The summed E-state index contributed by atoms with van der Waals surface area (Å²) in [6, 6.07) is 5.71. The van der Waals surface area contributed by atoms with E-state index < -0.39 is 5.97 Å². The monoisotopic (exact) mass is 409 g/mol. The first-order valence-corrected chi connectivity index (χ1v) is 10.3. The third kappa shape index (κ3) is 6.92. The van der Waals surface area contributed by atoms with Gasteiger partial charge in [0.2, 0.25) is 5.91 Å². The molecule has 2 rings (SSSR count). The van der Waals surface area contributed by atoms with E-state index in [1.807, 2.05) is 35.9 Å². The second-order valence-electron chi connectivity index (χ2n) is 6.16. The Bertz CT molecular complexity index is 779. The number of aromatic nitrogens is 2. The lowest BCUT2D eigenvalue weighted by Crippen LogP contribution is -2.26. The van der Waals surface area contributed by atoms with Gasteiger partial charge < -0.3 is 10.4 Å². The molecule has 1 heterocycles. The van der Waals surface area contributed by atoms with Crippen molar-refractivity contribution in [2.75, 3.05) is 12.3 Å². The summed E-state index contributed by atoms with van der Waals surface area (Å²) < 4.78 is 1.93. The maximum Gasteiger partial charge on any atom is 0.303 e. The number of hydrogen-bond donors (Lipinski definition) is 2. The number of carboxylic acid groups (broad SMARTS) is 1. The smallest absolute Gasteiger partial charge is 0.303 e. The molecule has 2 aromatic rings. The van der Waals surface area contributed by atoms with E-state index in [2.05, 4.69) is 10.3 Å². The largest absolute Gasteiger partial charge is 0.481 e. The van der Waals surface area contributed by atoms with Crippen LogP contribution in [0.15, 0.2) is 35.7 Å². The number of thioether (sulfide) groups is 1. The highest BCUT2D eigenvalue weighted by molar-refractivity contribution is 7.99. The van der Waals surface area contributed by atoms with Crippen LogP contribution in [0, 0.1) is 6.92 Å². The van der Waals surface area contributed by atoms with E-state index in [4.69, 9.17) is 16.7 Å². The lowest BCUT2D eigenvalue weighted by atomic mass is 10.1. The highest BCUT2D eigenvalue weighted by Crippen LogP contribution is 2.26. The summed E-state index contributed by atoms with van der Waals surface area (Å²) >= 11 is 7.57. The van der Waals surface area contributed by atoms with Crippen LogP contribution in [0.25, 0.3) is 5.69 Å². The van der Waals surface area contributed by atoms with Gasteiger partial charge in [0, 0.05) is 30.4 Å². The molecule has 0 fully saturated rings. The molecule has 0 aliphatic heterocycles. The molecular formula is C19H24ClN3O3S. The predicted molar refractivity (Wildman–Crippen MR) is 108 cm³/mol. The first-order valence-electron chi connectivity index (χ1n) is 8.89. The molecule has 1 amide bonds. The number of unbranched alkanes of at least 4 members (excludes halogenated alkanes) is 3. The standard InChI is InChI=1S/C19H24ClN3O3S/c1-14-15(20)7-6-8-16(14)23-12-11-22-19(23)27-13-17(24)21-10-5-3-2-4-9-18(25)26/h6-8,11-12H,2-5,9-10,13H2,1H3,(H,21,24)(H,25,26). The number of rotatable bonds is 11. The van der Waals surface area contributed by atoms with Crippen LogP contribution in [0.5, 0.6) is 0 Å². The lowest BCUT2D eigenvalue weighted by molar-refractivity contribution is -0.137. The van der Waals surface area contributed by atoms with Crippen molar-refractivity contribution < 1.29 is 14.7 Å². The van der Waals surface area contributed by atoms with Crippen molar-refractivity contribution in [3.8, 4) is 5.69 Å². The predicted octanol–water partition coefficient (Wildman–Crippen LogP) is 4.08. The molecule has 0 bridgehead atoms. The van der Waals surface area contributed by atoms with Gasteiger partial charge in [-0.3, -0.25) is 14.2 Å². The second-order valence-corrected chi connectivity index (χ2v) is 7.51. The van der Waals surface area contributed by atoms with E-state index in [1.54, 1.807) is 6.20 Å². The van der Waals surface area contributed by atoms with Crippen molar-refractivity contribution in [1.29, 1.82) is 0 Å². The fourth-order valence-electron chi connectivity index (χ4n) is 2.60. The molecule has 0 saturated heterocycles. The quantitative estimate of drug-likeness (QED) is 0.431. The van der Waals surface area contributed by atoms with E-state index >= 15 is 0 Å². The molecule has 0 saturated carbocycles. The second kappa shape index (κ2) is 11.0. The zero-order chi connectivity index (χ0) is 19.6. The molecule has 1 aromatic heterocycles. The van der Waals surface area contributed by atoms with Gasteiger partial charge in [0.25, 0.3) is 0 Å².